The summed E-state index contributed by atoms with van der Waals surface area (Å²) in [6, 6.07) is 6.71. The zero-order valence-corrected chi connectivity index (χ0v) is 13.0. The Bertz CT molecular complexity index is 595. The van der Waals surface area contributed by atoms with E-state index in [1.807, 2.05) is 6.92 Å². The third kappa shape index (κ3) is 3.92. The molecule has 0 fully saturated rings. The normalized spacial score (nSPS) is 17.5. The van der Waals surface area contributed by atoms with Crippen molar-refractivity contribution in [3.8, 4) is 5.75 Å². The van der Waals surface area contributed by atoms with Gasteiger partial charge in [-0.2, -0.15) is 0 Å². The second-order valence-electron chi connectivity index (χ2n) is 6.25. The van der Waals surface area contributed by atoms with Gasteiger partial charge in [0.1, 0.15) is 17.3 Å². The standard InChI is InChI=1S/C16H21N3O2/c1-12-17-15(11-13-5-7-14(20)8-6-13)16(21)18(12)9-10-19(2,3)4/h5-8,11H,9-10H2,1-4H3/p+1. The Labute approximate surface area is 125 Å². The molecular weight excluding hydrogens is 266 g/mol. The molecule has 112 valence electrons. The van der Waals surface area contributed by atoms with Crippen molar-refractivity contribution in [2.75, 3.05) is 34.2 Å². The molecule has 0 unspecified atom stereocenters. The number of phenols is 1. The largest absolute Gasteiger partial charge is 0.508 e. The zero-order valence-electron chi connectivity index (χ0n) is 13.0. The molecule has 1 amide bonds. The Balaban J connectivity index is 2.14. The zero-order chi connectivity index (χ0) is 15.6. The molecular formula is C16H22N3O2+. The fraction of sp³-hybridized carbons (Fsp3) is 0.375. The maximum atomic E-state index is 12.4. The lowest BCUT2D eigenvalue weighted by Gasteiger charge is -2.26. The highest BCUT2D eigenvalue weighted by atomic mass is 16.3. The minimum absolute atomic E-state index is 0.0611. The molecule has 1 aliphatic heterocycles. The summed E-state index contributed by atoms with van der Waals surface area (Å²) in [6.45, 7) is 3.38. The fourth-order valence-electron chi connectivity index (χ4n) is 2.05. The molecule has 21 heavy (non-hydrogen) atoms. The molecule has 1 aromatic rings. The minimum atomic E-state index is -0.0611. The number of hydrogen-bond donors (Lipinski definition) is 1. The number of nitrogens with zero attached hydrogens (tertiary/aromatic N) is 3. The summed E-state index contributed by atoms with van der Waals surface area (Å²) in [5.74, 6) is 0.881. The molecule has 5 heteroatoms. The van der Waals surface area contributed by atoms with E-state index in [4.69, 9.17) is 0 Å². The highest BCUT2D eigenvalue weighted by Gasteiger charge is 2.28. The molecule has 0 spiro atoms. The van der Waals surface area contributed by atoms with Crippen LogP contribution >= 0.6 is 0 Å². The summed E-state index contributed by atoms with van der Waals surface area (Å²) < 4.78 is 0.800. The van der Waals surface area contributed by atoms with E-state index in [-0.39, 0.29) is 11.7 Å². The van der Waals surface area contributed by atoms with Crippen LogP contribution < -0.4 is 0 Å². The second-order valence-corrected chi connectivity index (χ2v) is 6.25. The SMILES string of the molecule is CC1=NC(=Cc2ccc(O)cc2)C(=O)N1CC[N+](C)(C)C. The van der Waals surface area contributed by atoms with Gasteiger partial charge in [-0.1, -0.05) is 12.1 Å². The molecule has 1 aromatic carbocycles. The molecule has 0 bridgehead atoms. The Morgan fingerprint density at radius 3 is 2.43 bits per heavy atom. The van der Waals surface area contributed by atoms with Crippen LogP contribution in [0.4, 0.5) is 0 Å². The van der Waals surface area contributed by atoms with Crippen LogP contribution in [0.15, 0.2) is 35.0 Å². The topological polar surface area (TPSA) is 52.9 Å². The molecule has 1 aliphatic rings. The van der Waals surface area contributed by atoms with Crippen molar-refractivity contribution in [3.05, 3.63) is 35.5 Å². The fourth-order valence-corrected chi connectivity index (χ4v) is 2.05. The quantitative estimate of drug-likeness (QED) is 0.677. The van der Waals surface area contributed by atoms with E-state index in [1.54, 1.807) is 35.2 Å². The predicted molar refractivity (Wildman–Crippen MR) is 83.8 cm³/mol. The smallest absolute Gasteiger partial charge is 0.278 e. The van der Waals surface area contributed by atoms with Crippen LogP contribution in [0.25, 0.3) is 6.08 Å². The van der Waals surface area contributed by atoms with Gasteiger partial charge in [-0.25, -0.2) is 4.99 Å². The van der Waals surface area contributed by atoms with Gasteiger partial charge in [0.15, 0.2) is 0 Å². The number of quaternary nitrogens is 1. The Kier molecular flexibility index (Phi) is 4.14. The molecule has 0 aliphatic carbocycles. The second kappa shape index (κ2) is 5.69. The number of phenolic OH excluding ortho intramolecular Hbond substituents is 1. The molecule has 1 N–H and O–H groups in total. The minimum Gasteiger partial charge on any atom is -0.508 e. The maximum Gasteiger partial charge on any atom is 0.278 e. The van der Waals surface area contributed by atoms with Crippen LogP contribution in [-0.4, -0.2) is 60.5 Å². The highest BCUT2D eigenvalue weighted by molar-refractivity contribution is 6.13. The van der Waals surface area contributed by atoms with E-state index in [1.165, 1.54) is 0 Å². The van der Waals surface area contributed by atoms with E-state index in [0.29, 0.717) is 12.2 Å². The van der Waals surface area contributed by atoms with Crippen LogP contribution in [0.5, 0.6) is 5.75 Å². The summed E-state index contributed by atoms with van der Waals surface area (Å²) in [5.41, 5.74) is 1.29. The predicted octanol–water partition coefficient (Wildman–Crippen LogP) is 1.70. The van der Waals surface area contributed by atoms with Crippen LogP contribution in [0.1, 0.15) is 12.5 Å². The lowest BCUT2D eigenvalue weighted by molar-refractivity contribution is -0.869. The van der Waals surface area contributed by atoms with E-state index < -0.39 is 0 Å². The number of aromatic hydroxyl groups is 1. The van der Waals surface area contributed by atoms with Gasteiger partial charge in [-0.05, 0) is 30.7 Å². The van der Waals surface area contributed by atoms with Crippen molar-refractivity contribution in [1.82, 2.24) is 4.90 Å². The van der Waals surface area contributed by atoms with Gasteiger partial charge in [0.2, 0.25) is 0 Å². The first-order valence-corrected chi connectivity index (χ1v) is 6.94. The van der Waals surface area contributed by atoms with E-state index in [2.05, 4.69) is 26.1 Å². The Morgan fingerprint density at radius 2 is 1.86 bits per heavy atom. The number of carbonyl (C=O) groups excluding carboxylic acids is 1. The lowest BCUT2D eigenvalue weighted by Crippen LogP contribution is -2.44. The van der Waals surface area contributed by atoms with Gasteiger partial charge < -0.3 is 9.59 Å². The number of carbonyl (C=O) groups is 1. The van der Waals surface area contributed by atoms with Crippen LogP contribution in [-0.2, 0) is 4.79 Å². The maximum absolute atomic E-state index is 12.4. The first kappa shape index (κ1) is 15.3. The van der Waals surface area contributed by atoms with Crippen molar-refractivity contribution >= 4 is 17.8 Å². The number of rotatable bonds is 4. The van der Waals surface area contributed by atoms with Gasteiger partial charge in [0, 0.05) is 0 Å². The molecule has 5 nitrogen and oxygen atoms in total. The van der Waals surface area contributed by atoms with Gasteiger partial charge in [-0.3, -0.25) is 9.69 Å². The number of likely N-dealkylation sites (N-methyl/N-ethyl adjacent to an activating group) is 1. The number of aliphatic imine (C=N–C) groups is 1. The van der Waals surface area contributed by atoms with Crippen molar-refractivity contribution in [2.45, 2.75) is 6.92 Å². The summed E-state index contributed by atoms with van der Waals surface area (Å²) in [5, 5.41) is 9.27. The molecule has 0 saturated carbocycles. The summed E-state index contributed by atoms with van der Waals surface area (Å²) in [4.78, 5) is 18.5. The third-order valence-electron chi connectivity index (χ3n) is 3.33. The third-order valence-corrected chi connectivity index (χ3v) is 3.33. The highest BCUT2D eigenvalue weighted by Crippen LogP contribution is 2.19. The molecule has 0 atom stereocenters. The van der Waals surface area contributed by atoms with E-state index >= 15 is 0 Å². The van der Waals surface area contributed by atoms with Crippen LogP contribution in [0, 0.1) is 0 Å². The monoisotopic (exact) mass is 288 g/mol. The molecule has 0 radical (unpaired) electrons. The lowest BCUT2D eigenvalue weighted by atomic mass is 10.2. The van der Waals surface area contributed by atoms with Crippen molar-refractivity contribution in [1.29, 1.82) is 0 Å². The Hall–Kier alpha value is -2.14. The van der Waals surface area contributed by atoms with Crippen molar-refractivity contribution < 1.29 is 14.4 Å². The molecule has 0 saturated heterocycles. The van der Waals surface area contributed by atoms with E-state index in [0.717, 1.165) is 22.4 Å². The van der Waals surface area contributed by atoms with Crippen molar-refractivity contribution in [2.24, 2.45) is 4.99 Å². The molecule has 0 aromatic heterocycles. The first-order chi connectivity index (χ1) is 9.76. The molecule has 2 rings (SSSR count). The number of hydrogen-bond acceptors (Lipinski definition) is 3. The summed E-state index contributed by atoms with van der Waals surface area (Å²) in [7, 11) is 6.29. The first-order valence-electron chi connectivity index (χ1n) is 6.94. The van der Waals surface area contributed by atoms with Gasteiger partial charge in [0.25, 0.3) is 5.91 Å². The van der Waals surface area contributed by atoms with Gasteiger partial charge >= 0.3 is 0 Å². The van der Waals surface area contributed by atoms with Gasteiger partial charge in [-0.15, -0.1) is 0 Å². The van der Waals surface area contributed by atoms with Crippen LogP contribution in [0.2, 0.25) is 0 Å². The average Bonchev–Trinajstić information content (AvgIpc) is 2.64. The number of amidine groups is 1. The van der Waals surface area contributed by atoms with Gasteiger partial charge in [0.05, 0.1) is 34.2 Å². The number of amides is 1. The van der Waals surface area contributed by atoms with Crippen LogP contribution in [0.3, 0.4) is 0 Å². The van der Waals surface area contributed by atoms with E-state index in [9.17, 15) is 9.90 Å². The summed E-state index contributed by atoms with van der Waals surface area (Å²) in [6.07, 6.45) is 1.75. The summed E-state index contributed by atoms with van der Waals surface area (Å²) >= 11 is 0. The molecule has 1 heterocycles. The average molecular weight is 288 g/mol. The van der Waals surface area contributed by atoms with Crippen molar-refractivity contribution in [3.63, 3.8) is 0 Å². The number of benzene rings is 1. The Morgan fingerprint density at radius 1 is 1.24 bits per heavy atom.